The Morgan fingerprint density at radius 3 is 2.65 bits per heavy atom. The van der Waals surface area contributed by atoms with E-state index in [0.29, 0.717) is 0 Å². The lowest BCUT2D eigenvalue weighted by atomic mass is 10.1. The number of nitrogens with zero attached hydrogens (tertiary/aromatic N) is 2. The van der Waals surface area contributed by atoms with Gasteiger partial charge in [-0.05, 0) is 30.5 Å². The summed E-state index contributed by atoms with van der Waals surface area (Å²) in [6, 6.07) is 6.59. The van der Waals surface area contributed by atoms with Gasteiger partial charge in [-0.2, -0.15) is 0 Å². The number of rotatable bonds is 10. The minimum Gasteiger partial charge on any atom is -0.237 e. The van der Waals surface area contributed by atoms with Crippen LogP contribution in [0.15, 0.2) is 49.1 Å². The molecule has 0 aliphatic heterocycles. The predicted molar refractivity (Wildman–Crippen MR) is 93.4 cm³/mol. The van der Waals surface area contributed by atoms with Crippen LogP contribution in [-0.4, -0.2) is 4.57 Å². The predicted octanol–water partition coefficient (Wildman–Crippen LogP) is 4.99. The van der Waals surface area contributed by atoms with Gasteiger partial charge < -0.3 is 0 Å². The van der Waals surface area contributed by atoms with Crippen molar-refractivity contribution in [2.45, 2.75) is 58.5 Å². The zero-order valence-electron chi connectivity index (χ0n) is 14.1. The molecule has 0 radical (unpaired) electrons. The summed E-state index contributed by atoms with van der Waals surface area (Å²) in [4.78, 5) is 0. The van der Waals surface area contributed by atoms with Gasteiger partial charge in [-0.15, -0.1) is 0 Å². The summed E-state index contributed by atoms with van der Waals surface area (Å²) < 4.78 is 17.3. The van der Waals surface area contributed by atoms with Crippen LogP contribution in [0.25, 0.3) is 6.08 Å². The van der Waals surface area contributed by atoms with Crippen molar-refractivity contribution in [3.05, 3.63) is 60.4 Å². The number of aromatic nitrogens is 2. The lowest BCUT2D eigenvalue weighted by molar-refractivity contribution is -0.696. The minimum atomic E-state index is -0.186. The van der Waals surface area contributed by atoms with E-state index in [1.165, 1.54) is 44.2 Å². The summed E-state index contributed by atoms with van der Waals surface area (Å²) in [6.07, 6.45) is 18.2. The molecule has 0 fully saturated rings. The Morgan fingerprint density at radius 1 is 1.09 bits per heavy atom. The first kappa shape index (κ1) is 17.5. The van der Waals surface area contributed by atoms with Crippen LogP contribution in [-0.2, 0) is 13.1 Å². The van der Waals surface area contributed by atoms with Gasteiger partial charge in [-0.25, -0.2) is 13.5 Å². The highest BCUT2D eigenvalue weighted by Crippen LogP contribution is 2.06. The molecule has 0 saturated heterocycles. The van der Waals surface area contributed by atoms with Crippen molar-refractivity contribution >= 4 is 6.08 Å². The fourth-order valence-corrected chi connectivity index (χ4v) is 2.62. The number of halogens is 1. The van der Waals surface area contributed by atoms with Gasteiger partial charge in [0, 0.05) is 6.42 Å². The number of unbranched alkanes of at least 4 members (excludes halogenated alkanes) is 4. The van der Waals surface area contributed by atoms with Crippen molar-refractivity contribution in [3.63, 3.8) is 0 Å². The van der Waals surface area contributed by atoms with Crippen LogP contribution < -0.4 is 4.57 Å². The van der Waals surface area contributed by atoms with Gasteiger partial charge in [0.2, 0.25) is 6.33 Å². The summed E-state index contributed by atoms with van der Waals surface area (Å²) in [5.41, 5.74) is 1.04. The van der Waals surface area contributed by atoms with Crippen LogP contribution in [0.3, 0.4) is 0 Å². The Morgan fingerprint density at radius 2 is 1.87 bits per heavy atom. The number of imidazole rings is 1. The van der Waals surface area contributed by atoms with E-state index in [-0.39, 0.29) is 5.82 Å². The SMILES string of the molecule is CCCCCCC[n+]1ccn(CC/C=C/c2ccc(F)cc2)c1. The van der Waals surface area contributed by atoms with Gasteiger partial charge in [-0.3, -0.25) is 0 Å². The molecule has 23 heavy (non-hydrogen) atoms. The molecule has 0 aliphatic rings. The summed E-state index contributed by atoms with van der Waals surface area (Å²) >= 11 is 0. The second-order valence-corrected chi connectivity index (χ2v) is 6.05. The minimum absolute atomic E-state index is 0.186. The summed E-state index contributed by atoms with van der Waals surface area (Å²) in [5.74, 6) is -0.186. The van der Waals surface area contributed by atoms with Gasteiger partial charge in [0.05, 0.1) is 13.1 Å². The normalized spacial score (nSPS) is 11.4. The molecule has 1 aromatic carbocycles. The zero-order chi connectivity index (χ0) is 16.3. The highest BCUT2D eigenvalue weighted by molar-refractivity contribution is 5.48. The number of hydrogen-bond donors (Lipinski definition) is 0. The number of aryl methyl sites for hydroxylation is 2. The molecule has 0 bridgehead atoms. The molecular weight excluding hydrogens is 287 g/mol. The maximum Gasteiger partial charge on any atom is 0.243 e. The topological polar surface area (TPSA) is 8.81 Å². The summed E-state index contributed by atoms with van der Waals surface area (Å²) in [7, 11) is 0. The van der Waals surface area contributed by atoms with E-state index in [0.717, 1.165) is 25.1 Å². The molecule has 0 amide bonds. The average molecular weight is 315 g/mol. The second kappa shape index (κ2) is 9.98. The molecule has 0 N–H and O–H groups in total. The molecule has 0 atom stereocenters. The quantitative estimate of drug-likeness (QED) is 0.431. The highest BCUT2D eigenvalue weighted by atomic mass is 19.1. The van der Waals surface area contributed by atoms with Crippen molar-refractivity contribution in [1.82, 2.24) is 4.57 Å². The fraction of sp³-hybridized carbons (Fsp3) is 0.450. The third kappa shape index (κ3) is 6.81. The van der Waals surface area contributed by atoms with Crippen LogP contribution in [0, 0.1) is 5.82 Å². The van der Waals surface area contributed by atoms with Crippen molar-refractivity contribution < 1.29 is 8.96 Å². The van der Waals surface area contributed by atoms with Gasteiger partial charge in [0.15, 0.2) is 0 Å². The lowest BCUT2D eigenvalue weighted by Crippen LogP contribution is -2.30. The molecule has 0 spiro atoms. The van der Waals surface area contributed by atoms with Crippen LogP contribution >= 0.6 is 0 Å². The molecule has 1 heterocycles. The highest BCUT2D eigenvalue weighted by Gasteiger charge is 2.02. The Bertz CT molecular complexity index is 584. The van der Waals surface area contributed by atoms with E-state index in [1.54, 1.807) is 12.1 Å². The standard InChI is InChI=1S/C20H28FN2/c1-2-3-4-5-7-14-22-16-17-23(18-22)15-8-6-9-19-10-12-20(21)13-11-19/h6,9-13,16-18H,2-5,7-8,14-15H2,1H3/q+1/b9-6+. The maximum atomic E-state index is 12.8. The average Bonchev–Trinajstić information content (AvgIpc) is 3.01. The van der Waals surface area contributed by atoms with Crippen molar-refractivity contribution in [1.29, 1.82) is 0 Å². The van der Waals surface area contributed by atoms with Gasteiger partial charge in [0.25, 0.3) is 0 Å². The second-order valence-electron chi connectivity index (χ2n) is 6.05. The van der Waals surface area contributed by atoms with E-state index in [1.807, 2.05) is 6.08 Å². The lowest BCUT2D eigenvalue weighted by Gasteiger charge is -1.97. The van der Waals surface area contributed by atoms with E-state index in [2.05, 4.69) is 40.9 Å². The Labute approximate surface area is 139 Å². The smallest absolute Gasteiger partial charge is 0.237 e. The molecule has 0 aliphatic carbocycles. The third-order valence-electron chi connectivity index (χ3n) is 4.00. The fourth-order valence-electron chi connectivity index (χ4n) is 2.62. The summed E-state index contributed by atoms with van der Waals surface area (Å²) in [5, 5.41) is 0. The first-order valence-electron chi connectivity index (χ1n) is 8.75. The Balaban J connectivity index is 1.67. The maximum absolute atomic E-state index is 12.8. The van der Waals surface area contributed by atoms with Crippen molar-refractivity contribution in [2.24, 2.45) is 0 Å². The molecule has 0 saturated carbocycles. The van der Waals surface area contributed by atoms with Gasteiger partial charge >= 0.3 is 0 Å². The number of allylic oxidation sites excluding steroid dienone is 1. The van der Waals surface area contributed by atoms with E-state index in [4.69, 9.17) is 0 Å². The molecule has 2 rings (SSSR count). The monoisotopic (exact) mass is 315 g/mol. The van der Waals surface area contributed by atoms with Crippen molar-refractivity contribution in [2.75, 3.05) is 0 Å². The largest absolute Gasteiger partial charge is 0.243 e. The van der Waals surface area contributed by atoms with Crippen molar-refractivity contribution in [3.8, 4) is 0 Å². The van der Waals surface area contributed by atoms with Crippen LogP contribution in [0.5, 0.6) is 0 Å². The van der Waals surface area contributed by atoms with E-state index in [9.17, 15) is 4.39 Å². The molecule has 2 nitrogen and oxygen atoms in total. The molecule has 1 aromatic heterocycles. The first-order chi connectivity index (χ1) is 11.3. The van der Waals surface area contributed by atoms with Gasteiger partial charge in [0.1, 0.15) is 18.2 Å². The molecular formula is C20H28FN2+. The molecule has 0 unspecified atom stereocenters. The number of benzene rings is 1. The molecule has 124 valence electrons. The summed E-state index contributed by atoms with van der Waals surface area (Å²) in [6.45, 7) is 4.34. The Hall–Kier alpha value is -1.90. The van der Waals surface area contributed by atoms with Gasteiger partial charge in [-0.1, -0.05) is 50.5 Å². The third-order valence-corrected chi connectivity index (χ3v) is 4.00. The van der Waals surface area contributed by atoms with Crippen LogP contribution in [0.1, 0.15) is 51.0 Å². The van der Waals surface area contributed by atoms with Crippen LogP contribution in [0.2, 0.25) is 0 Å². The molecule has 3 heteroatoms. The van der Waals surface area contributed by atoms with E-state index < -0.39 is 0 Å². The molecule has 2 aromatic rings. The zero-order valence-corrected chi connectivity index (χ0v) is 14.1. The Kier molecular flexibility index (Phi) is 7.58. The van der Waals surface area contributed by atoms with E-state index >= 15 is 0 Å². The van der Waals surface area contributed by atoms with Crippen LogP contribution in [0.4, 0.5) is 4.39 Å². The first-order valence-corrected chi connectivity index (χ1v) is 8.75. The number of hydrogen-bond acceptors (Lipinski definition) is 0.